The van der Waals surface area contributed by atoms with E-state index in [0.29, 0.717) is 28.3 Å². The number of carbonyl (C=O) groups excluding carboxylic acids is 2. The maximum absolute atomic E-state index is 14.0. The zero-order valence-corrected chi connectivity index (χ0v) is 19.6. The molecule has 1 amide bonds. The first-order valence-corrected chi connectivity index (χ1v) is 11.5. The number of methoxy groups -OCH3 is 1. The van der Waals surface area contributed by atoms with Crippen LogP contribution in [0.5, 0.6) is 11.5 Å². The Morgan fingerprint density at radius 1 is 0.833 bits per heavy atom. The van der Waals surface area contributed by atoms with Gasteiger partial charge < -0.3 is 15.2 Å². The molecule has 36 heavy (non-hydrogen) atoms. The minimum absolute atomic E-state index is 0.0896. The Bertz CT molecular complexity index is 1410. The van der Waals surface area contributed by atoms with E-state index >= 15 is 0 Å². The van der Waals surface area contributed by atoms with Gasteiger partial charge in [-0.2, -0.15) is 0 Å². The summed E-state index contributed by atoms with van der Waals surface area (Å²) in [7, 11) is 1.59. The Labute approximate surface area is 209 Å². The van der Waals surface area contributed by atoms with E-state index in [0.717, 1.165) is 5.56 Å². The third kappa shape index (κ3) is 4.32. The molecule has 1 aliphatic heterocycles. The summed E-state index contributed by atoms with van der Waals surface area (Å²) < 4.78 is 5.25. The zero-order chi connectivity index (χ0) is 25.1. The SMILES string of the molecule is COc1ccc(NC2=C(C(=O)c3ccccc3)C(c3ccccc3)N(c3ccc(O)cc3)C2=O)cc1. The van der Waals surface area contributed by atoms with E-state index in [2.05, 4.69) is 5.32 Å². The number of rotatable bonds is 7. The molecule has 0 radical (unpaired) electrons. The Morgan fingerprint density at radius 3 is 2.06 bits per heavy atom. The van der Waals surface area contributed by atoms with Crippen molar-refractivity contribution in [3.63, 3.8) is 0 Å². The normalized spacial score (nSPS) is 15.2. The number of benzene rings is 4. The molecular weight excluding hydrogens is 452 g/mol. The number of nitrogens with one attached hydrogen (secondary N) is 1. The number of carbonyl (C=O) groups is 2. The summed E-state index contributed by atoms with van der Waals surface area (Å²) in [6.45, 7) is 0. The summed E-state index contributed by atoms with van der Waals surface area (Å²) >= 11 is 0. The van der Waals surface area contributed by atoms with Gasteiger partial charge >= 0.3 is 0 Å². The molecule has 0 bridgehead atoms. The molecule has 5 rings (SSSR count). The second-order valence-corrected chi connectivity index (χ2v) is 8.34. The number of nitrogens with zero attached hydrogens (tertiary/aromatic N) is 1. The van der Waals surface area contributed by atoms with Gasteiger partial charge in [-0.15, -0.1) is 0 Å². The van der Waals surface area contributed by atoms with Crippen molar-refractivity contribution in [3.8, 4) is 11.5 Å². The highest BCUT2D eigenvalue weighted by Crippen LogP contribution is 2.43. The van der Waals surface area contributed by atoms with Crippen LogP contribution in [0.4, 0.5) is 11.4 Å². The maximum Gasteiger partial charge on any atom is 0.276 e. The number of ketones is 1. The van der Waals surface area contributed by atoms with Crippen LogP contribution in [0.25, 0.3) is 0 Å². The lowest BCUT2D eigenvalue weighted by Crippen LogP contribution is -2.31. The van der Waals surface area contributed by atoms with Crippen molar-refractivity contribution in [2.45, 2.75) is 6.04 Å². The topological polar surface area (TPSA) is 78.9 Å². The molecular formula is C30H24N2O4. The fourth-order valence-corrected chi connectivity index (χ4v) is 4.37. The molecule has 2 N–H and O–H groups in total. The first-order valence-electron chi connectivity index (χ1n) is 11.5. The standard InChI is InChI=1S/C30H24N2O4/c1-36-25-18-12-22(13-19-25)31-27-26(29(34)21-10-6-3-7-11-21)28(20-8-4-2-5-9-20)32(30(27)35)23-14-16-24(33)17-15-23/h2-19,28,31,33H,1H3. The highest BCUT2D eigenvalue weighted by Gasteiger charge is 2.44. The van der Waals surface area contributed by atoms with Crippen molar-refractivity contribution < 1.29 is 19.4 Å². The Kier molecular flexibility index (Phi) is 6.24. The number of phenolic OH excluding ortho intramolecular Hbond substituents is 1. The van der Waals surface area contributed by atoms with Gasteiger partial charge in [0.25, 0.3) is 5.91 Å². The minimum Gasteiger partial charge on any atom is -0.508 e. The molecule has 0 saturated carbocycles. The molecule has 1 atom stereocenters. The Morgan fingerprint density at radius 2 is 1.44 bits per heavy atom. The van der Waals surface area contributed by atoms with Crippen LogP contribution in [0.3, 0.4) is 0 Å². The van der Waals surface area contributed by atoms with E-state index in [4.69, 9.17) is 4.74 Å². The molecule has 0 aliphatic carbocycles. The van der Waals surface area contributed by atoms with Crippen molar-refractivity contribution in [2.75, 3.05) is 17.3 Å². The van der Waals surface area contributed by atoms with Crippen molar-refractivity contribution >= 4 is 23.1 Å². The summed E-state index contributed by atoms with van der Waals surface area (Å²) in [6, 6.07) is 31.3. The van der Waals surface area contributed by atoms with Crippen molar-refractivity contribution in [1.29, 1.82) is 0 Å². The van der Waals surface area contributed by atoms with E-state index in [1.165, 1.54) is 12.1 Å². The van der Waals surface area contributed by atoms with Gasteiger partial charge in [-0.25, -0.2) is 0 Å². The lowest BCUT2D eigenvalue weighted by Gasteiger charge is -2.27. The maximum atomic E-state index is 14.0. The summed E-state index contributed by atoms with van der Waals surface area (Å²) in [5.41, 5.74) is 3.05. The summed E-state index contributed by atoms with van der Waals surface area (Å²) in [5, 5.41) is 13.1. The number of anilines is 2. The lowest BCUT2D eigenvalue weighted by molar-refractivity contribution is -0.114. The molecule has 0 fully saturated rings. The van der Waals surface area contributed by atoms with Crippen LogP contribution in [0.15, 0.2) is 120 Å². The third-order valence-electron chi connectivity index (χ3n) is 6.12. The summed E-state index contributed by atoms with van der Waals surface area (Å²) in [6.07, 6.45) is 0. The number of ether oxygens (including phenoxy) is 1. The summed E-state index contributed by atoms with van der Waals surface area (Å²) in [5.74, 6) is 0.187. The van der Waals surface area contributed by atoms with Gasteiger partial charge in [-0.1, -0.05) is 60.7 Å². The predicted molar refractivity (Wildman–Crippen MR) is 139 cm³/mol. The van der Waals surface area contributed by atoms with Gasteiger partial charge in [0.15, 0.2) is 5.78 Å². The average Bonchev–Trinajstić information content (AvgIpc) is 3.21. The van der Waals surface area contributed by atoms with Gasteiger partial charge in [0.05, 0.1) is 18.7 Å². The molecule has 4 aromatic carbocycles. The molecule has 0 saturated heterocycles. The molecule has 1 aliphatic rings. The number of Topliss-reactive ketones (excluding diaryl/α,β-unsaturated/α-hetero) is 1. The van der Waals surface area contributed by atoms with Gasteiger partial charge in [0.2, 0.25) is 0 Å². The number of aromatic hydroxyl groups is 1. The first-order chi connectivity index (χ1) is 17.6. The molecule has 4 aromatic rings. The minimum atomic E-state index is -0.670. The molecule has 0 aromatic heterocycles. The van der Waals surface area contributed by atoms with E-state index < -0.39 is 6.04 Å². The zero-order valence-electron chi connectivity index (χ0n) is 19.6. The van der Waals surface area contributed by atoms with Crippen LogP contribution < -0.4 is 15.0 Å². The molecule has 1 heterocycles. The Hall–Kier alpha value is -4.84. The molecule has 178 valence electrons. The largest absolute Gasteiger partial charge is 0.508 e. The van der Waals surface area contributed by atoms with Gasteiger partial charge in [-0.05, 0) is 54.1 Å². The average molecular weight is 477 g/mol. The smallest absolute Gasteiger partial charge is 0.276 e. The van der Waals surface area contributed by atoms with Crippen molar-refractivity contribution in [1.82, 2.24) is 0 Å². The number of phenols is 1. The quantitative estimate of drug-likeness (QED) is 0.333. The fourth-order valence-electron chi connectivity index (χ4n) is 4.37. The predicted octanol–water partition coefficient (Wildman–Crippen LogP) is 5.74. The fraction of sp³-hybridized carbons (Fsp3) is 0.0667. The first kappa shape index (κ1) is 22.9. The van der Waals surface area contributed by atoms with Crippen LogP contribution in [-0.4, -0.2) is 23.9 Å². The van der Waals surface area contributed by atoms with E-state index in [9.17, 15) is 14.7 Å². The van der Waals surface area contributed by atoms with Gasteiger partial charge in [-0.3, -0.25) is 14.5 Å². The van der Waals surface area contributed by atoms with E-state index in [1.54, 1.807) is 72.7 Å². The van der Waals surface area contributed by atoms with Crippen LogP contribution in [0.1, 0.15) is 22.0 Å². The van der Waals surface area contributed by atoms with Crippen LogP contribution >= 0.6 is 0 Å². The van der Waals surface area contributed by atoms with Crippen LogP contribution in [-0.2, 0) is 4.79 Å². The Balaban J connectivity index is 1.70. The van der Waals surface area contributed by atoms with Crippen molar-refractivity contribution in [2.24, 2.45) is 0 Å². The highest BCUT2D eigenvalue weighted by molar-refractivity contribution is 6.23. The second kappa shape index (κ2) is 9.80. The van der Waals surface area contributed by atoms with Gasteiger partial charge in [0.1, 0.15) is 17.2 Å². The molecule has 6 heteroatoms. The van der Waals surface area contributed by atoms with E-state index in [1.807, 2.05) is 36.4 Å². The highest BCUT2D eigenvalue weighted by atomic mass is 16.5. The van der Waals surface area contributed by atoms with E-state index in [-0.39, 0.29) is 23.1 Å². The molecule has 6 nitrogen and oxygen atoms in total. The number of hydrogen-bond acceptors (Lipinski definition) is 5. The monoisotopic (exact) mass is 476 g/mol. The van der Waals surface area contributed by atoms with Crippen LogP contribution in [0.2, 0.25) is 0 Å². The molecule has 1 unspecified atom stereocenters. The van der Waals surface area contributed by atoms with Crippen molar-refractivity contribution in [3.05, 3.63) is 132 Å². The molecule has 0 spiro atoms. The summed E-state index contributed by atoms with van der Waals surface area (Å²) in [4.78, 5) is 29.6. The van der Waals surface area contributed by atoms with Gasteiger partial charge in [0, 0.05) is 16.9 Å². The number of hydrogen-bond donors (Lipinski definition) is 2. The van der Waals surface area contributed by atoms with Crippen LogP contribution in [0, 0.1) is 0 Å². The second-order valence-electron chi connectivity index (χ2n) is 8.34. The lowest BCUT2D eigenvalue weighted by atomic mass is 9.92. The number of amides is 1. The third-order valence-corrected chi connectivity index (χ3v) is 6.12.